The number of halogens is 1. The highest BCUT2D eigenvalue weighted by molar-refractivity contribution is 6.35. The van der Waals surface area contributed by atoms with Gasteiger partial charge < -0.3 is 16.0 Å². The number of anilines is 3. The van der Waals surface area contributed by atoms with Crippen LogP contribution < -0.4 is 16.0 Å². The van der Waals surface area contributed by atoms with E-state index >= 15 is 0 Å². The molecule has 0 bridgehead atoms. The minimum absolute atomic E-state index is 0.126. The molecule has 0 saturated heterocycles. The van der Waals surface area contributed by atoms with Crippen molar-refractivity contribution in [3.05, 3.63) is 41.3 Å². The Hall–Kier alpha value is -2.96. The summed E-state index contributed by atoms with van der Waals surface area (Å²) < 4.78 is 13.4. The molecule has 0 aliphatic carbocycles. The maximum atomic E-state index is 13.4. The number of rotatable bonds is 2. The van der Waals surface area contributed by atoms with Crippen molar-refractivity contribution >= 4 is 34.9 Å². The molecule has 116 valence electrons. The summed E-state index contributed by atoms with van der Waals surface area (Å²) in [5.74, 6) is 1.82. The van der Waals surface area contributed by atoms with Crippen LogP contribution in [0.2, 0.25) is 0 Å². The van der Waals surface area contributed by atoms with E-state index in [0.29, 0.717) is 12.5 Å². The van der Waals surface area contributed by atoms with Crippen LogP contribution in [0.5, 0.6) is 0 Å². The SMILES string of the molecule is CNc1ncc2c(n1)N1CCN=C1C(c1ccc(F)c(N)c1)=C2. The second-order valence-corrected chi connectivity index (χ2v) is 5.37. The van der Waals surface area contributed by atoms with E-state index in [2.05, 4.69) is 25.2 Å². The molecule has 23 heavy (non-hydrogen) atoms. The number of hydrogen-bond donors (Lipinski definition) is 2. The number of aromatic nitrogens is 2. The lowest BCUT2D eigenvalue weighted by Crippen LogP contribution is -2.32. The summed E-state index contributed by atoms with van der Waals surface area (Å²) in [5.41, 5.74) is 8.48. The van der Waals surface area contributed by atoms with Gasteiger partial charge in [-0.05, 0) is 23.8 Å². The van der Waals surface area contributed by atoms with E-state index in [1.807, 2.05) is 6.08 Å². The molecule has 0 fully saturated rings. The van der Waals surface area contributed by atoms with Gasteiger partial charge in [-0.2, -0.15) is 4.98 Å². The Kier molecular flexibility index (Phi) is 3.00. The molecule has 0 unspecified atom stereocenters. The number of hydrogen-bond acceptors (Lipinski definition) is 6. The average molecular weight is 310 g/mol. The number of amidine groups is 1. The van der Waals surface area contributed by atoms with Gasteiger partial charge in [-0.3, -0.25) is 4.99 Å². The molecule has 3 heterocycles. The summed E-state index contributed by atoms with van der Waals surface area (Å²) >= 11 is 0. The second-order valence-electron chi connectivity index (χ2n) is 5.37. The molecule has 6 nitrogen and oxygen atoms in total. The number of nitrogen functional groups attached to an aromatic ring is 1. The molecule has 0 spiro atoms. The van der Waals surface area contributed by atoms with Crippen molar-refractivity contribution in [3.63, 3.8) is 0 Å². The maximum Gasteiger partial charge on any atom is 0.224 e. The van der Waals surface area contributed by atoms with E-state index < -0.39 is 5.82 Å². The molecule has 2 aliphatic rings. The van der Waals surface area contributed by atoms with E-state index in [4.69, 9.17) is 5.73 Å². The van der Waals surface area contributed by atoms with Crippen molar-refractivity contribution in [2.45, 2.75) is 0 Å². The first-order valence-electron chi connectivity index (χ1n) is 7.31. The largest absolute Gasteiger partial charge is 0.396 e. The number of aliphatic imine (C=N–C) groups is 1. The summed E-state index contributed by atoms with van der Waals surface area (Å²) in [5, 5.41) is 2.95. The minimum Gasteiger partial charge on any atom is -0.396 e. The summed E-state index contributed by atoms with van der Waals surface area (Å²) in [4.78, 5) is 15.4. The summed E-state index contributed by atoms with van der Waals surface area (Å²) in [6.45, 7) is 1.46. The van der Waals surface area contributed by atoms with Gasteiger partial charge >= 0.3 is 0 Å². The molecule has 0 saturated carbocycles. The smallest absolute Gasteiger partial charge is 0.224 e. The lowest BCUT2D eigenvalue weighted by Gasteiger charge is -2.27. The van der Waals surface area contributed by atoms with Crippen molar-refractivity contribution in [1.29, 1.82) is 0 Å². The molecule has 4 rings (SSSR count). The fourth-order valence-electron chi connectivity index (χ4n) is 2.85. The van der Waals surface area contributed by atoms with Gasteiger partial charge in [-0.1, -0.05) is 6.07 Å². The topological polar surface area (TPSA) is 79.4 Å². The van der Waals surface area contributed by atoms with Crippen molar-refractivity contribution in [2.75, 3.05) is 36.1 Å². The lowest BCUT2D eigenvalue weighted by molar-refractivity contribution is 0.632. The first kappa shape index (κ1) is 13.7. The molecule has 1 aromatic carbocycles. The van der Waals surface area contributed by atoms with Crippen LogP contribution in [0, 0.1) is 5.82 Å². The molecule has 7 heteroatoms. The highest BCUT2D eigenvalue weighted by Crippen LogP contribution is 2.35. The predicted octanol–water partition coefficient (Wildman–Crippen LogP) is 2.01. The van der Waals surface area contributed by atoms with Gasteiger partial charge in [0.05, 0.1) is 12.2 Å². The van der Waals surface area contributed by atoms with Crippen LogP contribution in [-0.2, 0) is 0 Å². The molecule has 2 aromatic rings. The normalized spacial score (nSPS) is 15.7. The van der Waals surface area contributed by atoms with Gasteiger partial charge in [-0.15, -0.1) is 0 Å². The Bertz CT molecular complexity index is 858. The fourth-order valence-corrected chi connectivity index (χ4v) is 2.85. The van der Waals surface area contributed by atoms with Crippen LogP contribution in [0.3, 0.4) is 0 Å². The van der Waals surface area contributed by atoms with Crippen LogP contribution in [0.1, 0.15) is 11.1 Å². The number of nitrogens with one attached hydrogen (secondary N) is 1. The third-order valence-corrected chi connectivity index (χ3v) is 3.96. The zero-order chi connectivity index (χ0) is 16.0. The molecule has 3 N–H and O–H groups in total. The number of nitrogens with two attached hydrogens (primary N) is 1. The molecule has 2 aliphatic heterocycles. The lowest BCUT2D eigenvalue weighted by atomic mass is 9.98. The van der Waals surface area contributed by atoms with Crippen LogP contribution in [0.4, 0.5) is 21.8 Å². The Morgan fingerprint density at radius 2 is 2.22 bits per heavy atom. The zero-order valence-corrected chi connectivity index (χ0v) is 12.5. The molecule has 0 atom stereocenters. The van der Waals surface area contributed by atoms with E-state index in [1.54, 1.807) is 25.4 Å². The first-order chi connectivity index (χ1) is 11.2. The summed E-state index contributed by atoms with van der Waals surface area (Å²) in [6.07, 6.45) is 3.75. The quantitative estimate of drug-likeness (QED) is 0.830. The third kappa shape index (κ3) is 2.12. The van der Waals surface area contributed by atoms with Gasteiger partial charge in [0, 0.05) is 30.9 Å². The molecule has 1 aromatic heterocycles. The standard InChI is InChI=1S/C16H15FN6/c1-19-16-21-8-10-6-11(9-2-3-12(17)13(18)7-9)15-20-4-5-23(15)14(10)22-16/h2-3,6-8H,4-5,18H2,1H3,(H,19,21,22). The van der Waals surface area contributed by atoms with Crippen LogP contribution in [-0.4, -0.2) is 35.9 Å². The average Bonchev–Trinajstić information content (AvgIpc) is 3.06. The van der Waals surface area contributed by atoms with E-state index in [1.165, 1.54) is 6.07 Å². The monoisotopic (exact) mass is 310 g/mol. The van der Waals surface area contributed by atoms with Gasteiger partial charge in [0.1, 0.15) is 17.5 Å². The molecule has 0 radical (unpaired) electrons. The first-order valence-corrected chi connectivity index (χ1v) is 7.31. The van der Waals surface area contributed by atoms with E-state index in [0.717, 1.165) is 34.9 Å². The predicted molar refractivity (Wildman–Crippen MR) is 89.9 cm³/mol. The minimum atomic E-state index is -0.419. The van der Waals surface area contributed by atoms with Crippen molar-refractivity contribution in [3.8, 4) is 0 Å². The zero-order valence-electron chi connectivity index (χ0n) is 12.5. The van der Waals surface area contributed by atoms with Gasteiger partial charge in [0.2, 0.25) is 5.95 Å². The Balaban J connectivity index is 1.88. The Morgan fingerprint density at radius 3 is 3.00 bits per heavy atom. The molecular weight excluding hydrogens is 295 g/mol. The third-order valence-electron chi connectivity index (χ3n) is 3.96. The van der Waals surface area contributed by atoms with Crippen molar-refractivity contribution in [1.82, 2.24) is 9.97 Å². The second kappa shape index (κ2) is 5.05. The van der Waals surface area contributed by atoms with Crippen LogP contribution in [0.15, 0.2) is 29.4 Å². The molecular formula is C16H15FN6. The highest BCUT2D eigenvalue weighted by Gasteiger charge is 2.30. The number of fused-ring (bicyclic) bond motifs is 3. The number of nitrogens with zero attached hydrogens (tertiary/aromatic N) is 4. The Morgan fingerprint density at radius 1 is 1.35 bits per heavy atom. The number of benzene rings is 1. The summed E-state index contributed by atoms with van der Waals surface area (Å²) in [7, 11) is 1.78. The maximum absolute atomic E-state index is 13.4. The van der Waals surface area contributed by atoms with Gasteiger partial charge in [-0.25, -0.2) is 9.37 Å². The van der Waals surface area contributed by atoms with E-state index in [9.17, 15) is 4.39 Å². The van der Waals surface area contributed by atoms with Crippen LogP contribution >= 0.6 is 0 Å². The molecule has 0 amide bonds. The van der Waals surface area contributed by atoms with E-state index in [-0.39, 0.29) is 5.69 Å². The van der Waals surface area contributed by atoms with Crippen molar-refractivity contribution < 1.29 is 4.39 Å². The highest BCUT2D eigenvalue weighted by atomic mass is 19.1. The van der Waals surface area contributed by atoms with Gasteiger partial charge in [0.15, 0.2) is 0 Å². The summed E-state index contributed by atoms with van der Waals surface area (Å²) in [6, 6.07) is 4.72. The van der Waals surface area contributed by atoms with Gasteiger partial charge in [0.25, 0.3) is 0 Å². The van der Waals surface area contributed by atoms with Crippen molar-refractivity contribution in [2.24, 2.45) is 4.99 Å². The Labute approximate surface area is 132 Å². The fraction of sp³-hybridized carbons (Fsp3) is 0.188. The van der Waals surface area contributed by atoms with Crippen LogP contribution in [0.25, 0.3) is 11.6 Å².